The lowest BCUT2D eigenvalue weighted by atomic mass is 9.91. The summed E-state index contributed by atoms with van der Waals surface area (Å²) < 4.78 is 18.8. The van der Waals surface area contributed by atoms with Crippen molar-refractivity contribution in [2.75, 3.05) is 7.11 Å². The van der Waals surface area contributed by atoms with Crippen LogP contribution < -0.4 is 4.74 Å². The van der Waals surface area contributed by atoms with Gasteiger partial charge in [0.05, 0.1) is 13.7 Å². The Kier molecular flexibility index (Phi) is 4.96. The number of hydrogen-bond acceptors (Lipinski definition) is 3. The van der Waals surface area contributed by atoms with Crippen molar-refractivity contribution in [3.8, 4) is 5.75 Å². The third kappa shape index (κ3) is 3.67. The van der Waals surface area contributed by atoms with Crippen molar-refractivity contribution in [1.29, 1.82) is 0 Å². The number of fused-ring (bicyclic) bond motifs is 1. The molecule has 0 saturated heterocycles. The molecule has 4 nitrogen and oxygen atoms in total. The van der Waals surface area contributed by atoms with Gasteiger partial charge in [0.1, 0.15) is 11.6 Å². The number of imide groups is 1. The number of halogens is 1. The second-order valence-electron chi connectivity index (χ2n) is 6.70. The van der Waals surface area contributed by atoms with Crippen LogP contribution in [0.4, 0.5) is 4.39 Å². The van der Waals surface area contributed by atoms with E-state index in [9.17, 15) is 14.0 Å². The molecule has 4 rings (SSSR count). The van der Waals surface area contributed by atoms with Gasteiger partial charge in [0.15, 0.2) is 0 Å². The maximum atomic E-state index is 13.6. The minimum absolute atomic E-state index is 0.135. The van der Waals surface area contributed by atoms with Crippen LogP contribution in [0.3, 0.4) is 0 Å². The molecule has 1 heterocycles. The lowest BCUT2D eigenvalue weighted by Gasteiger charge is -2.28. The average Bonchev–Trinajstić information content (AvgIpc) is 2.75. The number of benzene rings is 3. The Morgan fingerprint density at radius 2 is 1.62 bits per heavy atom. The first kappa shape index (κ1) is 18.6. The van der Waals surface area contributed by atoms with Crippen LogP contribution in [0.5, 0.6) is 5.75 Å². The largest absolute Gasteiger partial charge is 0.497 e. The standard InChI is InChI=1S/C24H18FNO3/c1-29-19-11-9-16(10-12-19)15-26-23(27)21-8-3-2-7-20(21)22(24(26)28)14-17-5-4-6-18(25)13-17/h2-14H,15H2,1H3/b22-14-. The second-order valence-corrected chi connectivity index (χ2v) is 6.70. The fourth-order valence-electron chi connectivity index (χ4n) is 3.36. The normalized spacial score (nSPS) is 14.8. The van der Waals surface area contributed by atoms with Gasteiger partial charge in [0.2, 0.25) is 0 Å². The molecule has 1 aliphatic rings. The van der Waals surface area contributed by atoms with Crippen molar-refractivity contribution < 1.29 is 18.7 Å². The van der Waals surface area contributed by atoms with Gasteiger partial charge in [-0.05, 0) is 53.1 Å². The zero-order chi connectivity index (χ0) is 20.4. The van der Waals surface area contributed by atoms with Gasteiger partial charge < -0.3 is 4.74 Å². The van der Waals surface area contributed by atoms with E-state index >= 15 is 0 Å². The van der Waals surface area contributed by atoms with Crippen molar-refractivity contribution >= 4 is 23.5 Å². The molecule has 3 aromatic rings. The van der Waals surface area contributed by atoms with Crippen LogP contribution in [0.2, 0.25) is 0 Å². The van der Waals surface area contributed by atoms with E-state index in [1.165, 1.54) is 17.0 Å². The summed E-state index contributed by atoms with van der Waals surface area (Å²) in [5.41, 5.74) is 2.72. The predicted octanol–water partition coefficient (Wildman–Crippen LogP) is 4.56. The van der Waals surface area contributed by atoms with Gasteiger partial charge in [-0.25, -0.2) is 4.39 Å². The quantitative estimate of drug-likeness (QED) is 0.487. The summed E-state index contributed by atoms with van der Waals surface area (Å²) in [5, 5.41) is 0. The first-order valence-corrected chi connectivity index (χ1v) is 9.12. The number of hydrogen-bond donors (Lipinski definition) is 0. The van der Waals surface area contributed by atoms with Crippen LogP contribution in [0.1, 0.15) is 27.0 Å². The first-order valence-electron chi connectivity index (χ1n) is 9.12. The van der Waals surface area contributed by atoms with E-state index in [0.29, 0.717) is 28.0 Å². The molecular weight excluding hydrogens is 369 g/mol. The van der Waals surface area contributed by atoms with Crippen molar-refractivity contribution in [1.82, 2.24) is 4.90 Å². The number of rotatable bonds is 4. The smallest absolute Gasteiger partial charge is 0.261 e. The molecule has 29 heavy (non-hydrogen) atoms. The van der Waals surface area contributed by atoms with E-state index < -0.39 is 5.91 Å². The van der Waals surface area contributed by atoms with E-state index in [1.54, 1.807) is 61.7 Å². The van der Waals surface area contributed by atoms with Gasteiger partial charge >= 0.3 is 0 Å². The Hall–Kier alpha value is -3.73. The highest BCUT2D eigenvalue weighted by molar-refractivity contribution is 6.33. The summed E-state index contributed by atoms with van der Waals surface area (Å²) in [7, 11) is 1.58. The Morgan fingerprint density at radius 1 is 0.897 bits per heavy atom. The van der Waals surface area contributed by atoms with Crippen LogP contribution >= 0.6 is 0 Å². The molecular formula is C24H18FNO3. The minimum Gasteiger partial charge on any atom is -0.497 e. The molecule has 0 atom stereocenters. The van der Waals surface area contributed by atoms with Crippen molar-refractivity contribution in [3.05, 3.63) is 101 Å². The molecule has 0 bridgehead atoms. The van der Waals surface area contributed by atoms with Gasteiger partial charge in [-0.3, -0.25) is 14.5 Å². The van der Waals surface area contributed by atoms with Gasteiger partial charge in [-0.15, -0.1) is 0 Å². The minimum atomic E-state index is -0.409. The summed E-state index contributed by atoms with van der Waals surface area (Å²) >= 11 is 0. The number of methoxy groups -OCH3 is 1. The van der Waals surface area contributed by atoms with E-state index in [-0.39, 0.29) is 18.3 Å². The maximum absolute atomic E-state index is 13.6. The van der Waals surface area contributed by atoms with Crippen LogP contribution in [-0.4, -0.2) is 23.8 Å². The molecule has 0 aliphatic carbocycles. The molecule has 0 N–H and O–H groups in total. The van der Waals surface area contributed by atoms with Crippen LogP contribution in [0, 0.1) is 5.82 Å². The Morgan fingerprint density at radius 3 is 2.31 bits per heavy atom. The zero-order valence-corrected chi connectivity index (χ0v) is 15.8. The highest BCUT2D eigenvalue weighted by Crippen LogP contribution is 2.31. The first-order chi connectivity index (χ1) is 14.1. The molecule has 3 aromatic carbocycles. The molecule has 0 unspecified atom stereocenters. The fraction of sp³-hybridized carbons (Fsp3) is 0.0833. The lowest BCUT2D eigenvalue weighted by molar-refractivity contribution is -0.123. The maximum Gasteiger partial charge on any atom is 0.261 e. The van der Waals surface area contributed by atoms with E-state index in [4.69, 9.17) is 4.74 Å². The lowest BCUT2D eigenvalue weighted by Crippen LogP contribution is -2.41. The summed E-state index contributed by atoms with van der Waals surface area (Å²) in [6, 6.07) is 20.2. The number of carbonyl (C=O) groups excluding carboxylic acids is 2. The topological polar surface area (TPSA) is 46.6 Å². The van der Waals surface area contributed by atoms with E-state index in [0.717, 1.165) is 5.56 Å². The van der Waals surface area contributed by atoms with Crippen LogP contribution in [-0.2, 0) is 11.3 Å². The van der Waals surface area contributed by atoms with Gasteiger partial charge in [-0.1, -0.05) is 42.5 Å². The molecule has 0 spiro atoms. The monoisotopic (exact) mass is 387 g/mol. The van der Waals surface area contributed by atoms with Crippen LogP contribution in [0.15, 0.2) is 72.8 Å². The number of nitrogens with zero attached hydrogens (tertiary/aromatic N) is 1. The third-order valence-electron chi connectivity index (χ3n) is 4.83. The molecule has 1 aliphatic heterocycles. The number of ether oxygens (including phenoxy) is 1. The predicted molar refractivity (Wildman–Crippen MR) is 109 cm³/mol. The number of amides is 2. The third-order valence-corrected chi connectivity index (χ3v) is 4.83. The Balaban J connectivity index is 1.76. The second kappa shape index (κ2) is 7.72. The molecule has 0 radical (unpaired) electrons. The van der Waals surface area contributed by atoms with E-state index in [1.807, 2.05) is 12.1 Å². The van der Waals surface area contributed by atoms with Gasteiger partial charge in [0, 0.05) is 11.1 Å². The summed E-state index contributed by atoms with van der Waals surface area (Å²) in [4.78, 5) is 27.5. The highest BCUT2D eigenvalue weighted by Gasteiger charge is 2.34. The summed E-state index contributed by atoms with van der Waals surface area (Å²) in [6.45, 7) is 0.135. The molecule has 144 valence electrons. The van der Waals surface area contributed by atoms with Gasteiger partial charge in [-0.2, -0.15) is 0 Å². The van der Waals surface area contributed by atoms with Gasteiger partial charge in [0.25, 0.3) is 11.8 Å². The zero-order valence-electron chi connectivity index (χ0n) is 15.8. The number of carbonyl (C=O) groups is 2. The Bertz CT molecular complexity index is 1120. The fourth-order valence-corrected chi connectivity index (χ4v) is 3.36. The van der Waals surface area contributed by atoms with Crippen LogP contribution in [0.25, 0.3) is 11.6 Å². The SMILES string of the molecule is COc1ccc(CN2C(=O)/C(=C\c3cccc(F)c3)c3ccccc3C2=O)cc1. The van der Waals surface area contributed by atoms with Crippen molar-refractivity contribution in [3.63, 3.8) is 0 Å². The molecule has 0 fully saturated rings. The van der Waals surface area contributed by atoms with Crippen molar-refractivity contribution in [2.24, 2.45) is 0 Å². The summed E-state index contributed by atoms with van der Waals surface area (Å²) in [6.07, 6.45) is 1.62. The highest BCUT2D eigenvalue weighted by atomic mass is 19.1. The average molecular weight is 387 g/mol. The molecule has 0 aromatic heterocycles. The Labute approximate surface area is 167 Å². The van der Waals surface area contributed by atoms with Crippen molar-refractivity contribution in [2.45, 2.75) is 6.54 Å². The molecule has 2 amide bonds. The molecule has 0 saturated carbocycles. The molecule has 5 heteroatoms. The van der Waals surface area contributed by atoms with E-state index in [2.05, 4.69) is 0 Å². The summed E-state index contributed by atoms with van der Waals surface area (Å²) in [5.74, 6) is -0.448.